The lowest BCUT2D eigenvalue weighted by Crippen LogP contribution is -2.11. The van der Waals surface area contributed by atoms with Gasteiger partial charge >= 0.3 is 17.9 Å². The zero-order valence-corrected chi connectivity index (χ0v) is 12.8. The third-order valence-electron chi connectivity index (χ3n) is 3.00. The van der Waals surface area contributed by atoms with Gasteiger partial charge in [0.1, 0.15) is 0 Å². The number of allylic oxidation sites excluding steroid dienone is 2. The molecule has 0 saturated carbocycles. The first-order chi connectivity index (χ1) is 10.6. The van der Waals surface area contributed by atoms with E-state index in [2.05, 4.69) is 9.47 Å². The Kier molecular flexibility index (Phi) is 7.67. The third-order valence-corrected chi connectivity index (χ3v) is 3.00. The van der Waals surface area contributed by atoms with Gasteiger partial charge in [-0.15, -0.1) is 0 Å². The van der Waals surface area contributed by atoms with Crippen LogP contribution in [-0.2, 0) is 28.6 Å². The van der Waals surface area contributed by atoms with Crippen molar-refractivity contribution in [1.82, 2.24) is 0 Å². The van der Waals surface area contributed by atoms with Crippen molar-refractivity contribution in [2.45, 2.75) is 25.7 Å². The Morgan fingerprint density at radius 1 is 1.18 bits per heavy atom. The first-order valence-corrected chi connectivity index (χ1v) is 6.99. The number of hydrogen-bond donors (Lipinski definition) is 0. The van der Waals surface area contributed by atoms with Crippen LogP contribution in [0.3, 0.4) is 0 Å². The standard InChI is InChI=1S/C16H20O6/c1-20-14(17)11-13(15(18)21-2)9-6-10-22-16(19)12-7-4-3-5-8-12/h4,7-8,11H,3,5-6,9-10H2,1-2H3. The van der Waals surface area contributed by atoms with Crippen molar-refractivity contribution in [2.24, 2.45) is 0 Å². The maximum absolute atomic E-state index is 11.7. The Bertz CT molecular complexity index is 513. The van der Waals surface area contributed by atoms with Crippen LogP contribution < -0.4 is 0 Å². The van der Waals surface area contributed by atoms with Gasteiger partial charge in [-0.1, -0.05) is 18.2 Å². The smallest absolute Gasteiger partial charge is 0.337 e. The fourth-order valence-corrected chi connectivity index (χ4v) is 1.84. The Morgan fingerprint density at radius 2 is 1.95 bits per heavy atom. The van der Waals surface area contributed by atoms with Crippen LogP contribution in [0.2, 0.25) is 0 Å². The van der Waals surface area contributed by atoms with Crippen molar-refractivity contribution in [3.05, 3.63) is 35.5 Å². The van der Waals surface area contributed by atoms with E-state index >= 15 is 0 Å². The summed E-state index contributed by atoms with van der Waals surface area (Å²) < 4.78 is 14.2. The summed E-state index contributed by atoms with van der Waals surface area (Å²) in [4.78, 5) is 34.4. The normalized spacial score (nSPS) is 14.1. The number of ether oxygens (including phenoxy) is 3. The van der Waals surface area contributed by atoms with Gasteiger partial charge in [-0.2, -0.15) is 0 Å². The number of carbonyl (C=O) groups is 3. The molecule has 0 aromatic rings. The summed E-state index contributed by atoms with van der Waals surface area (Å²) in [6.07, 6.45) is 8.99. The molecule has 6 heteroatoms. The molecule has 6 nitrogen and oxygen atoms in total. The van der Waals surface area contributed by atoms with E-state index in [1.54, 1.807) is 6.08 Å². The highest BCUT2D eigenvalue weighted by molar-refractivity contribution is 5.96. The van der Waals surface area contributed by atoms with Gasteiger partial charge in [-0.05, 0) is 25.7 Å². The van der Waals surface area contributed by atoms with Crippen LogP contribution in [0.25, 0.3) is 0 Å². The second-order valence-corrected chi connectivity index (χ2v) is 4.56. The zero-order valence-electron chi connectivity index (χ0n) is 12.8. The summed E-state index contributed by atoms with van der Waals surface area (Å²) in [7, 11) is 2.45. The van der Waals surface area contributed by atoms with E-state index in [9.17, 15) is 14.4 Å². The Morgan fingerprint density at radius 3 is 2.55 bits per heavy atom. The van der Waals surface area contributed by atoms with Gasteiger partial charge in [0.05, 0.1) is 26.4 Å². The number of rotatable bonds is 7. The van der Waals surface area contributed by atoms with E-state index in [-0.39, 0.29) is 24.6 Å². The van der Waals surface area contributed by atoms with Gasteiger partial charge in [0.25, 0.3) is 0 Å². The molecule has 0 amide bonds. The molecule has 1 rings (SSSR count). The van der Waals surface area contributed by atoms with Crippen LogP contribution in [0, 0.1) is 0 Å². The molecule has 22 heavy (non-hydrogen) atoms. The molecular formula is C16H20O6. The summed E-state index contributed by atoms with van der Waals surface area (Å²) in [5.74, 6) is -1.61. The average Bonchev–Trinajstić information content (AvgIpc) is 2.57. The summed E-state index contributed by atoms with van der Waals surface area (Å²) >= 11 is 0. The van der Waals surface area contributed by atoms with Crippen LogP contribution in [-0.4, -0.2) is 38.7 Å². The fraction of sp³-hybridized carbons (Fsp3) is 0.438. The minimum Gasteiger partial charge on any atom is -0.466 e. The van der Waals surface area contributed by atoms with E-state index in [0.29, 0.717) is 12.0 Å². The molecule has 0 spiro atoms. The molecule has 0 atom stereocenters. The molecule has 0 aliphatic heterocycles. The number of hydrogen-bond acceptors (Lipinski definition) is 6. The van der Waals surface area contributed by atoms with Crippen molar-refractivity contribution in [2.75, 3.05) is 20.8 Å². The van der Waals surface area contributed by atoms with Crippen molar-refractivity contribution >= 4 is 17.9 Å². The van der Waals surface area contributed by atoms with E-state index in [1.165, 1.54) is 14.2 Å². The molecule has 0 heterocycles. The second kappa shape index (κ2) is 9.55. The van der Waals surface area contributed by atoms with Gasteiger partial charge in [0.2, 0.25) is 0 Å². The van der Waals surface area contributed by atoms with Gasteiger partial charge in [0.15, 0.2) is 0 Å². The summed E-state index contributed by atoms with van der Waals surface area (Å²) in [5, 5.41) is 0. The molecule has 1 aliphatic carbocycles. The zero-order chi connectivity index (χ0) is 16.4. The summed E-state index contributed by atoms with van der Waals surface area (Å²) in [6.45, 7) is 0.152. The van der Waals surface area contributed by atoms with Crippen LogP contribution in [0.1, 0.15) is 25.7 Å². The van der Waals surface area contributed by atoms with Crippen LogP contribution >= 0.6 is 0 Å². The predicted molar refractivity (Wildman–Crippen MR) is 78.8 cm³/mol. The lowest BCUT2D eigenvalue weighted by Gasteiger charge is -2.08. The van der Waals surface area contributed by atoms with Crippen molar-refractivity contribution in [3.63, 3.8) is 0 Å². The maximum Gasteiger partial charge on any atom is 0.337 e. The molecule has 0 fully saturated rings. The molecule has 1 aliphatic rings. The maximum atomic E-state index is 11.7. The monoisotopic (exact) mass is 308 g/mol. The highest BCUT2D eigenvalue weighted by Gasteiger charge is 2.13. The quantitative estimate of drug-likeness (QED) is 0.309. The highest BCUT2D eigenvalue weighted by Crippen LogP contribution is 2.12. The minimum absolute atomic E-state index is 0.152. The predicted octanol–water partition coefficient (Wildman–Crippen LogP) is 1.86. The molecular weight excluding hydrogens is 288 g/mol. The van der Waals surface area contributed by atoms with Crippen LogP contribution in [0.15, 0.2) is 35.5 Å². The molecule has 0 N–H and O–H groups in total. The molecule has 0 unspecified atom stereocenters. The fourth-order valence-electron chi connectivity index (χ4n) is 1.84. The van der Waals surface area contributed by atoms with Crippen molar-refractivity contribution in [3.8, 4) is 0 Å². The van der Waals surface area contributed by atoms with Crippen molar-refractivity contribution < 1.29 is 28.6 Å². The SMILES string of the molecule is COC(=O)C=C(CCCOC(=O)C1=CCCC=C1)C(=O)OC. The second-order valence-electron chi connectivity index (χ2n) is 4.56. The molecule has 0 aromatic heterocycles. The minimum atomic E-state index is -0.630. The lowest BCUT2D eigenvalue weighted by molar-refractivity contribution is -0.139. The lowest BCUT2D eigenvalue weighted by atomic mass is 10.1. The van der Waals surface area contributed by atoms with Gasteiger partial charge in [-0.3, -0.25) is 0 Å². The molecule has 0 aromatic carbocycles. The van der Waals surface area contributed by atoms with Gasteiger partial charge < -0.3 is 14.2 Å². The van der Waals surface area contributed by atoms with Crippen LogP contribution in [0.5, 0.6) is 0 Å². The summed E-state index contributed by atoms with van der Waals surface area (Å²) in [6, 6.07) is 0. The molecule has 120 valence electrons. The van der Waals surface area contributed by atoms with E-state index in [4.69, 9.17) is 4.74 Å². The van der Waals surface area contributed by atoms with Gasteiger partial charge in [-0.25, -0.2) is 14.4 Å². The van der Waals surface area contributed by atoms with Crippen LogP contribution in [0.4, 0.5) is 0 Å². The largest absolute Gasteiger partial charge is 0.466 e. The average molecular weight is 308 g/mol. The molecule has 0 radical (unpaired) electrons. The highest BCUT2D eigenvalue weighted by atomic mass is 16.5. The number of esters is 3. The first kappa shape index (κ1) is 17.7. The Balaban J connectivity index is 2.43. The summed E-state index contributed by atoms with van der Waals surface area (Å²) in [5.41, 5.74) is 0.728. The Hall–Kier alpha value is -2.37. The number of carbonyl (C=O) groups excluding carboxylic acids is 3. The molecule has 0 bridgehead atoms. The molecule has 0 saturated heterocycles. The topological polar surface area (TPSA) is 78.9 Å². The Labute approximate surface area is 129 Å². The third kappa shape index (κ3) is 5.95. The number of methoxy groups -OCH3 is 2. The van der Waals surface area contributed by atoms with E-state index in [0.717, 1.165) is 18.9 Å². The van der Waals surface area contributed by atoms with Crippen molar-refractivity contribution in [1.29, 1.82) is 0 Å². The first-order valence-electron chi connectivity index (χ1n) is 6.99. The van der Waals surface area contributed by atoms with E-state index in [1.807, 2.05) is 12.2 Å². The van der Waals surface area contributed by atoms with Gasteiger partial charge in [0, 0.05) is 11.6 Å². The van der Waals surface area contributed by atoms with E-state index < -0.39 is 11.9 Å².